The summed E-state index contributed by atoms with van der Waals surface area (Å²) in [5.74, 6) is -1.34. The lowest BCUT2D eigenvalue weighted by molar-refractivity contribution is -0.140. The fourth-order valence-electron chi connectivity index (χ4n) is 3.44. The van der Waals surface area contributed by atoms with Crippen molar-refractivity contribution in [2.75, 3.05) is 23.7 Å². The van der Waals surface area contributed by atoms with Crippen molar-refractivity contribution in [3.8, 4) is 0 Å². The van der Waals surface area contributed by atoms with E-state index >= 15 is 0 Å². The minimum Gasteiger partial charge on any atom is -0.355 e. The van der Waals surface area contributed by atoms with Crippen molar-refractivity contribution in [2.24, 2.45) is 0 Å². The van der Waals surface area contributed by atoms with Gasteiger partial charge in [-0.2, -0.15) is 0 Å². The lowest BCUT2D eigenvalue weighted by atomic mass is 10.1. The molecule has 33 heavy (non-hydrogen) atoms. The quantitative estimate of drug-likeness (QED) is 0.544. The molecule has 1 N–H and O–H groups in total. The smallest absolute Gasteiger partial charge is 0.244 e. The first-order valence-electron chi connectivity index (χ1n) is 10.5. The highest BCUT2D eigenvalue weighted by Gasteiger charge is 2.32. The average molecular weight is 498 g/mol. The SMILES string of the molecule is CCNC(=O)[C@H](CC)N(Cc1ccc(F)cc1)C(=O)CN(c1cc(Cl)ccc1C)S(C)(=O)=O. The maximum absolute atomic E-state index is 13.5. The highest BCUT2D eigenvalue weighted by Crippen LogP contribution is 2.27. The van der Waals surface area contributed by atoms with Crippen molar-refractivity contribution < 1.29 is 22.4 Å². The van der Waals surface area contributed by atoms with Crippen molar-refractivity contribution >= 4 is 39.1 Å². The van der Waals surface area contributed by atoms with Crippen LogP contribution in [0.15, 0.2) is 42.5 Å². The highest BCUT2D eigenvalue weighted by molar-refractivity contribution is 7.92. The van der Waals surface area contributed by atoms with Crippen LogP contribution in [0.2, 0.25) is 5.02 Å². The van der Waals surface area contributed by atoms with Gasteiger partial charge in [0.05, 0.1) is 11.9 Å². The van der Waals surface area contributed by atoms with E-state index in [1.807, 2.05) is 0 Å². The summed E-state index contributed by atoms with van der Waals surface area (Å²) in [5, 5.41) is 3.04. The first-order chi connectivity index (χ1) is 15.5. The number of halogens is 2. The molecule has 7 nitrogen and oxygen atoms in total. The van der Waals surface area contributed by atoms with Gasteiger partial charge in [-0.25, -0.2) is 12.8 Å². The monoisotopic (exact) mass is 497 g/mol. The van der Waals surface area contributed by atoms with E-state index in [-0.39, 0.29) is 18.1 Å². The lowest BCUT2D eigenvalue weighted by Crippen LogP contribution is -2.52. The first kappa shape index (κ1) is 26.6. The van der Waals surface area contributed by atoms with Crippen molar-refractivity contribution in [2.45, 2.75) is 39.8 Å². The Balaban J connectivity index is 2.46. The number of amides is 2. The number of likely N-dealkylation sites (N-methyl/N-ethyl adjacent to an activating group) is 1. The summed E-state index contributed by atoms with van der Waals surface area (Å²) >= 11 is 6.08. The van der Waals surface area contributed by atoms with Crippen LogP contribution >= 0.6 is 11.6 Å². The van der Waals surface area contributed by atoms with Gasteiger partial charge >= 0.3 is 0 Å². The van der Waals surface area contributed by atoms with Crippen molar-refractivity contribution in [1.29, 1.82) is 0 Å². The van der Waals surface area contributed by atoms with Crippen LogP contribution in [-0.4, -0.2) is 50.5 Å². The molecule has 180 valence electrons. The van der Waals surface area contributed by atoms with E-state index in [0.29, 0.717) is 29.1 Å². The van der Waals surface area contributed by atoms with Gasteiger partial charge in [-0.1, -0.05) is 36.7 Å². The number of hydrogen-bond donors (Lipinski definition) is 1. The standard InChI is InChI=1S/C23H29ClFN3O4S/c1-5-20(23(30)26-6-2)27(14-17-8-11-19(25)12-9-17)22(29)15-28(33(4,31)32)21-13-18(24)10-7-16(21)3/h7-13,20H,5-6,14-15H2,1-4H3,(H,26,30)/t20-/m0/s1. The van der Waals surface area contributed by atoms with Crippen LogP contribution in [0.1, 0.15) is 31.4 Å². The number of carbonyl (C=O) groups excluding carboxylic acids is 2. The molecule has 0 radical (unpaired) electrons. The maximum atomic E-state index is 13.5. The normalized spacial score (nSPS) is 12.2. The summed E-state index contributed by atoms with van der Waals surface area (Å²) in [7, 11) is -3.85. The van der Waals surface area contributed by atoms with Crippen LogP contribution in [-0.2, 0) is 26.2 Å². The molecule has 10 heteroatoms. The molecule has 1 atom stereocenters. The number of hydrogen-bond acceptors (Lipinski definition) is 4. The fourth-order valence-corrected chi connectivity index (χ4v) is 4.51. The summed E-state index contributed by atoms with van der Waals surface area (Å²) in [4.78, 5) is 27.5. The lowest BCUT2D eigenvalue weighted by Gasteiger charge is -2.33. The Hall–Kier alpha value is -2.65. The van der Waals surface area contributed by atoms with Crippen LogP contribution < -0.4 is 9.62 Å². The Labute approximate surface area is 199 Å². The zero-order valence-corrected chi connectivity index (χ0v) is 20.7. The molecule has 0 fully saturated rings. The van der Waals surface area contributed by atoms with Gasteiger partial charge in [-0.3, -0.25) is 13.9 Å². The molecule has 0 aromatic heterocycles. The van der Waals surface area contributed by atoms with E-state index in [1.165, 1.54) is 35.2 Å². The summed E-state index contributed by atoms with van der Waals surface area (Å²) in [6.45, 7) is 5.13. The van der Waals surface area contributed by atoms with Crippen LogP contribution in [0.3, 0.4) is 0 Å². The van der Waals surface area contributed by atoms with Gasteiger partial charge in [0.1, 0.15) is 18.4 Å². The molecule has 0 saturated heterocycles. The first-order valence-corrected chi connectivity index (χ1v) is 12.8. The zero-order valence-electron chi connectivity index (χ0n) is 19.1. The second-order valence-electron chi connectivity index (χ2n) is 7.67. The van der Waals surface area contributed by atoms with Gasteiger partial charge < -0.3 is 10.2 Å². The van der Waals surface area contributed by atoms with E-state index in [4.69, 9.17) is 11.6 Å². The van der Waals surface area contributed by atoms with Crippen LogP contribution in [0.5, 0.6) is 0 Å². The van der Waals surface area contributed by atoms with Gasteiger partial charge in [0.2, 0.25) is 21.8 Å². The predicted molar refractivity (Wildman–Crippen MR) is 128 cm³/mol. The molecule has 0 spiro atoms. The second-order valence-corrected chi connectivity index (χ2v) is 10.0. The van der Waals surface area contributed by atoms with Gasteiger partial charge in [0.15, 0.2) is 0 Å². The van der Waals surface area contributed by atoms with Crippen molar-refractivity contribution in [3.05, 3.63) is 64.4 Å². The van der Waals surface area contributed by atoms with E-state index < -0.39 is 34.3 Å². The van der Waals surface area contributed by atoms with Crippen molar-refractivity contribution in [1.82, 2.24) is 10.2 Å². The van der Waals surface area contributed by atoms with Gasteiger partial charge in [-0.15, -0.1) is 0 Å². The van der Waals surface area contributed by atoms with Gasteiger partial charge in [0, 0.05) is 18.1 Å². The van der Waals surface area contributed by atoms with Crippen LogP contribution in [0.25, 0.3) is 0 Å². The minimum atomic E-state index is -3.85. The summed E-state index contributed by atoms with van der Waals surface area (Å²) in [6, 6.07) is 9.53. The molecular formula is C23H29ClFN3O4S. The molecule has 2 aromatic rings. The molecule has 2 rings (SSSR count). The number of benzene rings is 2. The second kappa shape index (κ2) is 11.5. The summed E-state index contributed by atoms with van der Waals surface area (Å²) < 4.78 is 39.6. The number of aryl methyl sites for hydroxylation is 1. The Morgan fingerprint density at radius 2 is 1.76 bits per heavy atom. The zero-order chi connectivity index (χ0) is 24.8. The predicted octanol–water partition coefficient (Wildman–Crippen LogP) is 3.50. The van der Waals surface area contributed by atoms with Gasteiger partial charge in [-0.05, 0) is 55.7 Å². The Bertz CT molecular complexity index is 1090. The van der Waals surface area contributed by atoms with Crippen molar-refractivity contribution in [3.63, 3.8) is 0 Å². The van der Waals surface area contributed by atoms with Crippen LogP contribution in [0, 0.1) is 12.7 Å². The molecular weight excluding hydrogens is 469 g/mol. The third-order valence-corrected chi connectivity index (χ3v) is 6.48. The fraction of sp³-hybridized carbons (Fsp3) is 0.391. The molecule has 0 saturated carbocycles. The number of nitrogens with one attached hydrogen (secondary N) is 1. The number of sulfonamides is 1. The van der Waals surface area contributed by atoms with Crippen LogP contribution in [0.4, 0.5) is 10.1 Å². The Morgan fingerprint density at radius 3 is 2.30 bits per heavy atom. The third kappa shape index (κ3) is 7.17. The molecule has 0 unspecified atom stereocenters. The molecule has 0 bridgehead atoms. The average Bonchev–Trinajstić information content (AvgIpc) is 2.74. The van der Waals surface area contributed by atoms with E-state index in [1.54, 1.807) is 32.9 Å². The largest absolute Gasteiger partial charge is 0.355 e. The number of rotatable bonds is 10. The number of carbonyl (C=O) groups is 2. The molecule has 2 amide bonds. The Morgan fingerprint density at radius 1 is 1.12 bits per heavy atom. The molecule has 0 aliphatic heterocycles. The summed E-state index contributed by atoms with van der Waals surface area (Å²) in [5.41, 5.74) is 1.52. The topological polar surface area (TPSA) is 86.8 Å². The van der Waals surface area contributed by atoms with E-state index in [9.17, 15) is 22.4 Å². The van der Waals surface area contributed by atoms with E-state index in [2.05, 4.69) is 5.32 Å². The maximum Gasteiger partial charge on any atom is 0.244 e. The van der Waals surface area contributed by atoms with Gasteiger partial charge in [0.25, 0.3) is 0 Å². The Kier molecular flexibility index (Phi) is 9.25. The highest BCUT2D eigenvalue weighted by atomic mass is 35.5. The third-order valence-electron chi connectivity index (χ3n) is 5.12. The summed E-state index contributed by atoms with van der Waals surface area (Å²) in [6.07, 6.45) is 1.32. The molecule has 2 aromatic carbocycles. The molecule has 0 heterocycles. The number of nitrogens with zero attached hydrogens (tertiary/aromatic N) is 2. The van der Waals surface area contributed by atoms with E-state index in [0.717, 1.165) is 10.6 Å². The molecule has 0 aliphatic carbocycles. The number of anilines is 1. The molecule has 0 aliphatic rings. The minimum absolute atomic E-state index is 0.0148.